The van der Waals surface area contributed by atoms with Gasteiger partial charge in [-0.1, -0.05) is 48.2 Å². The van der Waals surface area contributed by atoms with Crippen molar-refractivity contribution in [2.75, 3.05) is 16.4 Å². The highest BCUT2D eigenvalue weighted by Crippen LogP contribution is 2.42. The lowest BCUT2D eigenvalue weighted by Crippen LogP contribution is -2.31. The number of hydrogen-bond acceptors (Lipinski definition) is 6. The van der Waals surface area contributed by atoms with E-state index in [2.05, 4.69) is 22.0 Å². The molecule has 0 fully saturated rings. The fourth-order valence-electron chi connectivity index (χ4n) is 4.13. The van der Waals surface area contributed by atoms with E-state index in [4.69, 9.17) is 0 Å². The number of carbonyl (C=O) groups excluding carboxylic acids is 2. The molecule has 3 aromatic rings. The van der Waals surface area contributed by atoms with Gasteiger partial charge >= 0.3 is 6.18 Å². The Bertz CT molecular complexity index is 1510. The van der Waals surface area contributed by atoms with Gasteiger partial charge in [0.05, 0.1) is 39.6 Å². The van der Waals surface area contributed by atoms with E-state index < -0.39 is 23.6 Å². The maximum absolute atomic E-state index is 13.5. The second-order valence-corrected chi connectivity index (χ2v) is 10.6. The van der Waals surface area contributed by atoms with E-state index in [0.29, 0.717) is 22.0 Å². The number of nitrogens with one attached hydrogen (secondary N) is 3. The number of hydrogen-bond donors (Lipinski definition) is 3. The van der Waals surface area contributed by atoms with Crippen molar-refractivity contribution < 1.29 is 22.8 Å². The number of thiophene rings is 1. The van der Waals surface area contributed by atoms with Gasteiger partial charge in [-0.2, -0.15) is 18.4 Å². The molecule has 0 unspecified atom stereocenters. The minimum Gasteiger partial charge on any atom is -0.353 e. The third-order valence-electron chi connectivity index (χ3n) is 5.97. The molecule has 6 nitrogen and oxygen atoms in total. The van der Waals surface area contributed by atoms with Crippen molar-refractivity contribution in [2.45, 2.75) is 25.9 Å². The van der Waals surface area contributed by atoms with E-state index in [0.717, 1.165) is 28.3 Å². The van der Waals surface area contributed by atoms with Gasteiger partial charge in [0.2, 0.25) is 5.91 Å². The summed E-state index contributed by atoms with van der Waals surface area (Å²) in [6.07, 6.45) is -4.62. The lowest BCUT2D eigenvalue weighted by molar-refractivity contribution is -0.137. The lowest BCUT2D eigenvalue weighted by atomic mass is 9.86. The van der Waals surface area contributed by atoms with Crippen LogP contribution in [0.3, 0.4) is 0 Å². The summed E-state index contributed by atoms with van der Waals surface area (Å²) in [5.74, 6) is -1.97. The van der Waals surface area contributed by atoms with Crippen LogP contribution in [0.1, 0.15) is 28.8 Å². The quantitative estimate of drug-likeness (QED) is 0.292. The predicted molar refractivity (Wildman–Crippen MR) is 148 cm³/mol. The number of thioether (sulfide) groups is 1. The highest BCUT2D eigenvalue weighted by molar-refractivity contribution is 8.03. The van der Waals surface area contributed by atoms with Gasteiger partial charge in [-0.3, -0.25) is 9.59 Å². The molecule has 4 rings (SSSR count). The molecule has 0 saturated carbocycles. The Balaban J connectivity index is 1.59. The summed E-state index contributed by atoms with van der Waals surface area (Å²) in [4.78, 5) is 26.9. The first-order valence-corrected chi connectivity index (χ1v) is 13.6. The summed E-state index contributed by atoms with van der Waals surface area (Å²) in [6, 6.07) is 17.9. The summed E-state index contributed by atoms with van der Waals surface area (Å²) >= 11 is 2.38. The fraction of sp³-hybridized carbons (Fsp3) is 0.179. The number of allylic oxidation sites excluding steroid dienone is 2. The molecule has 2 aromatic carbocycles. The van der Waals surface area contributed by atoms with Crippen molar-refractivity contribution in [1.29, 1.82) is 5.26 Å². The number of para-hydroxylation sites is 2. The maximum atomic E-state index is 13.5. The van der Waals surface area contributed by atoms with Gasteiger partial charge in [0.25, 0.3) is 5.91 Å². The van der Waals surface area contributed by atoms with Gasteiger partial charge in [-0.15, -0.1) is 11.3 Å². The molecular formula is C28H23F3N4O2S2. The van der Waals surface area contributed by atoms with E-state index in [1.54, 1.807) is 13.0 Å². The molecule has 1 aromatic heterocycles. The number of aryl methyl sites for hydroxylation is 1. The molecule has 0 spiro atoms. The molecule has 1 atom stereocenters. The molecule has 200 valence electrons. The van der Waals surface area contributed by atoms with Crippen molar-refractivity contribution in [3.8, 4) is 6.07 Å². The Morgan fingerprint density at radius 2 is 1.72 bits per heavy atom. The minimum absolute atomic E-state index is 0.242. The zero-order chi connectivity index (χ0) is 28.2. The predicted octanol–water partition coefficient (Wildman–Crippen LogP) is 6.78. The number of nitrogens with zero attached hydrogens (tertiary/aromatic N) is 1. The molecule has 2 amide bonds. The Kier molecular flexibility index (Phi) is 8.47. The average Bonchev–Trinajstić information content (AvgIpc) is 3.42. The Hall–Kier alpha value is -4.01. The van der Waals surface area contributed by atoms with E-state index in [1.807, 2.05) is 42.6 Å². The third kappa shape index (κ3) is 6.35. The maximum Gasteiger partial charge on any atom is 0.418 e. The number of halogens is 3. The summed E-state index contributed by atoms with van der Waals surface area (Å²) < 4.78 is 39.9. The summed E-state index contributed by atoms with van der Waals surface area (Å²) in [7, 11) is 0. The largest absolute Gasteiger partial charge is 0.418 e. The van der Waals surface area contributed by atoms with Crippen molar-refractivity contribution in [3.63, 3.8) is 0 Å². The summed E-state index contributed by atoms with van der Waals surface area (Å²) in [5.41, 5.74) is 1.35. The molecule has 0 aliphatic carbocycles. The van der Waals surface area contributed by atoms with Crippen LogP contribution in [0.2, 0.25) is 0 Å². The Morgan fingerprint density at radius 1 is 1.03 bits per heavy atom. The zero-order valence-electron chi connectivity index (χ0n) is 20.8. The van der Waals surface area contributed by atoms with Crippen LogP contribution in [0.5, 0.6) is 0 Å². The van der Waals surface area contributed by atoms with Crippen molar-refractivity contribution in [3.05, 3.63) is 104 Å². The van der Waals surface area contributed by atoms with Crippen LogP contribution < -0.4 is 16.0 Å². The zero-order valence-corrected chi connectivity index (χ0v) is 22.5. The van der Waals surface area contributed by atoms with Crippen molar-refractivity contribution in [2.24, 2.45) is 0 Å². The number of anilines is 2. The number of carbonyl (C=O) groups is 2. The number of nitriles is 1. The number of rotatable bonds is 7. The molecule has 3 N–H and O–H groups in total. The molecular weight excluding hydrogens is 545 g/mol. The average molecular weight is 569 g/mol. The van der Waals surface area contributed by atoms with Crippen LogP contribution in [-0.2, 0) is 15.8 Å². The van der Waals surface area contributed by atoms with Crippen LogP contribution in [0, 0.1) is 18.3 Å². The normalized spacial score (nSPS) is 15.4. The van der Waals surface area contributed by atoms with Crippen LogP contribution >= 0.6 is 23.1 Å². The molecule has 0 saturated heterocycles. The van der Waals surface area contributed by atoms with Crippen LogP contribution in [0.15, 0.2) is 87.9 Å². The second-order valence-electron chi connectivity index (χ2n) is 8.62. The van der Waals surface area contributed by atoms with Crippen LogP contribution in [0.25, 0.3) is 0 Å². The van der Waals surface area contributed by atoms with Crippen LogP contribution in [0.4, 0.5) is 24.5 Å². The highest BCUT2D eigenvalue weighted by Gasteiger charge is 2.36. The molecule has 1 aliphatic heterocycles. The number of amides is 2. The highest BCUT2D eigenvalue weighted by atomic mass is 32.2. The third-order valence-corrected chi connectivity index (χ3v) is 7.92. The van der Waals surface area contributed by atoms with Gasteiger partial charge in [0, 0.05) is 21.8 Å². The minimum atomic E-state index is -4.62. The Labute approximate surface area is 231 Å². The van der Waals surface area contributed by atoms with E-state index in [-0.39, 0.29) is 22.9 Å². The van der Waals surface area contributed by atoms with Gasteiger partial charge < -0.3 is 16.0 Å². The van der Waals surface area contributed by atoms with Gasteiger partial charge in [0.15, 0.2) is 0 Å². The smallest absolute Gasteiger partial charge is 0.353 e. The monoisotopic (exact) mass is 568 g/mol. The summed E-state index contributed by atoms with van der Waals surface area (Å²) in [6.45, 7) is 3.59. The number of benzene rings is 2. The molecule has 39 heavy (non-hydrogen) atoms. The Morgan fingerprint density at radius 3 is 2.36 bits per heavy atom. The van der Waals surface area contributed by atoms with Gasteiger partial charge in [-0.25, -0.2) is 0 Å². The van der Waals surface area contributed by atoms with Gasteiger partial charge in [0.1, 0.15) is 0 Å². The molecule has 11 heteroatoms. The SMILES string of the molecule is CC1=C(C(=O)Nc2ccccc2C)[C@H](c2cccs2)C(C#N)=C(SCC(=O)Nc2ccccc2C(F)(F)F)N1. The lowest BCUT2D eigenvalue weighted by Gasteiger charge is -2.29. The standard InChI is InChI=1S/C28H23F3N4O2S2/c1-16-8-3-5-10-20(16)35-26(37)24-17(2)33-27(18(14-32)25(24)22-12-7-13-38-22)39-15-23(36)34-21-11-6-4-9-19(21)28(29,30)31/h3-13,25,33H,15H2,1-2H3,(H,34,36)(H,35,37)/t25-/m0/s1. The summed E-state index contributed by atoms with van der Waals surface area (Å²) in [5, 5.41) is 20.7. The topological polar surface area (TPSA) is 94.0 Å². The van der Waals surface area contributed by atoms with Crippen LogP contribution in [-0.4, -0.2) is 17.6 Å². The first-order chi connectivity index (χ1) is 18.6. The van der Waals surface area contributed by atoms with E-state index in [9.17, 15) is 28.0 Å². The molecule has 0 bridgehead atoms. The van der Waals surface area contributed by atoms with E-state index >= 15 is 0 Å². The van der Waals surface area contributed by atoms with Crippen molar-refractivity contribution in [1.82, 2.24) is 5.32 Å². The number of alkyl halides is 3. The first kappa shape index (κ1) is 28.0. The van der Waals surface area contributed by atoms with Crippen molar-refractivity contribution >= 4 is 46.3 Å². The number of dihydropyridines is 1. The molecule has 2 heterocycles. The van der Waals surface area contributed by atoms with E-state index in [1.165, 1.54) is 29.5 Å². The fourth-order valence-corrected chi connectivity index (χ4v) is 5.87. The molecule has 0 radical (unpaired) electrons. The van der Waals surface area contributed by atoms with Gasteiger partial charge in [-0.05, 0) is 49.1 Å². The second kappa shape index (κ2) is 11.8. The first-order valence-electron chi connectivity index (χ1n) is 11.7. The molecule has 1 aliphatic rings.